The van der Waals surface area contributed by atoms with Gasteiger partial charge in [0.1, 0.15) is 11.9 Å². The summed E-state index contributed by atoms with van der Waals surface area (Å²) in [7, 11) is 1.61. The molecule has 98 valence electrons. The first-order chi connectivity index (χ1) is 8.67. The van der Waals surface area contributed by atoms with Gasteiger partial charge < -0.3 is 15.3 Å². The first kappa shape index (κ1) is 12.8. The molecule has 1 fully saturated rings. The molecule has 0 radical (unpaired) electrons. The van der Waals surface area contributed by atoms with Crippen LogP contribution in [0.25, 0.3) is 0 Å². The minimum absolute atomic E-state index is 0.0410. The van der Waals surface area contributed by atoms with Crippen molar-refractivity contribution in [1.29, 1.82) is 0 Å². The first-order valence-corrected chi connectivity index (χ1v) is 6.05. The number of carbonyl (C=O) groups is 1. The number of amides is 1. The Balaban J connectivity index is 2.32. The summed E-state index contributed by atoms with van der Waals surface area (Å²) >= 11 is 0. The number of aliphatic hydroxyl groups excluding tert-OH is 1. The molecule has 0 aliphatic carbocycles. The Hall–Kier alpha value is -1.62. The van der Waals surface area contributed by atoms with Crippen molar-refractivity contribution >= 4 is 11.6 Å². The van der Waals surface area contributed by atoms with E-state index < -0.39 is 0 Å². The normalized spacial score (nSPS) is 19.1. The number of anilines is 1. The number of hydrogen-bond donors (Lipinski definition) is 2. The summed E-state index contributed by atoms with van der Waals surface area (Å²) in [4.78, 5) is 13.7. The van der Waals surface area contributed by atoms with Gasteiger partial charge in [0.05, 0.1) is 6.61 Å². The predicted octanol–water partition coefficient (Wildman–Crippen LogP) is 1.03. The predicted molar refractivity (Wildman–Crippen MR) is 66.8 cm³/mol. The summed E-state index contributed by atoms with van der Waals surface area (Å²) in [6.45, 7) is 0.515. The van der Waals surface area contributed by atoms with Crippen LogP contribution in [0.1, 0.15) is 18.4 Å². The summed E-state index contributed by atoms with van der Waals surface area (Å²) in [6.07, 6.45) is 1.70. The second kappa shape index (κ2) is 5.35. The van der Waals surface area contributed by atoms with E-state index in [1.807, 2.05) is 4.90 Å². The topological polar surface area (TPSA) is 52.6 Å². The molecule has 1 aromatic rings. The molecular formula is C13H17FN2O2. The largest absolute Gasteiger partial charge is 0.392 e. The van der Waals surface area contributed by atoms with Crippen molar-refractivity contribution < 1.29 is 14.3 Å². The number of nitrogens with zero attached hydrogens (tertiary/aromatic N) is 1. The average molecular weight is 252 g/mol. The molecule has 0 saturated carbocycles. The maximum atomic E-state index is 13.1. The number of carbonyl (C=O) groups excluding carboxylic acids is 1. The van der Waals surface area contributed by atoms with Crippen molar-refractivity contribution in [3.8, 4) is 0 Å². The zero-order valence-electron chi connectivity index (χ0n) is 10.3. The zero-order valence-corrected chi connectivity index (χ0v) is 10.3. The number of aliphatic hydroxyl groups is 1. The average Bonchev–Trinajstić information content (AvgIpc) is 2.86. The van der Waals surface area contributed by atoms with E-state index in [4.69, 9.17) is 0 Å². The second-order valence-corrected chi connectivity index (χ2v) is 4.40. The summed E-state index contributed by atoms with van der Waals surface area (Å²) < 4.78 is 13.1. The van der Waals surface area contributed by atoms with Crippen LogP contribution in [0.2, 0.25) is 0 Å². The molecule has 2 N–H and O–H groups in total. The van der Waals surface area contributed by atoms with Crippen LogP contribution >= 0.6 is 0 Å². The van der Waals surface area contributed by atoms with Crippen molar-refractivity contribution in [2.24, 2.45) is 0 Å². The van der Waals surface area contributed by atoms with E-state index in [0.29, 0.717) is 5.56 Å². The molecule has 1 atom stereocenters. The maximum Gasteiger partial charge on any atom is 0.242 e. The van der Waals surface area contributed by atoms with E-state index >= 15 is 0 Å². The van der Waals surface area contributed by atoms with E-state index in [9.17, 15) is 14.3 Å². The lowest BCUT2D eigenvalue weighted by atomic mass is 10.1. The molecule has 4 nitrogen and oxygen atoms in total. The molecule has 0 bridgehead atoms. The highest BCUT2D eigenvalue weighted by Crippen LogP contribution is 2.29. The molecule has 1 unspecified atom stereocenters. The van der Waals surface area contributed by atoms with Gasteiger partial charge in [-0.1, -0.05) is 0 Å². The van der Waals surface area contributed by atoms with Gasteiger partial charge in [-0.2, -0.15) is 0 Å². The van der Waals surface area contributed by atoms with Gasteiger partial charge in [-0.15, -0.1) is 0 Å². The van der Waals surface area contributed by atoms with Crippen LogP contribution in [0.15, 0.2) is 18.2 Å². The standard InChI is InChI=1S/C13H17FN2O2/c1-15-13(18)12-3-2-6-16(12)11-5-4-10(14)7-9(11)8-17/h4-5,7,12,17H,2-3,6,8H2,1H3,(H,15,18). The smallest absolute Gasteiger partial charge is 0.242 e. The highest BCUT2D eigenvalue weighted by molar-refractivity contribution is 5.85. The Morgan fingerprint density at radius 3 is 3.06 bits per heavy atom. The number of nitrogens with one attached hydrogen (secondary N) is 1. The van der Waals surface area contributed by atoms with Crippen LogP contribution in [0, 0.1) is 5.82 Å². The lowest BCUT2D eigenvalue weighted by Crippen LogP contribution is -2.42. The molecule has 1 aromatic carbocycles. The zero-order chi connectivity index (χ0) is 13.1. The molecule has 0 aromatic heterocycles. The fraction of sp³-hybridized carbons (Fsp3) is 0.462. The van der Waals surface area contributed by atoms with Crippen LogP contribution in [-0.4, -0.2) is 30.6 Å². The quantitative estimate of drug-likeness (QED) is 0.845. The monoisotopic (exact) mass is 252 g/mol. The summed E-state index contributed by atoms with van der Waals surface area (Å²) in [5.41, 5.74) is 1.26. The van der Waals surface area contributed by atoms with Gasteiger partial charge in [0.15, 0.2) is 0 Å². The summed E-state index contributed by atoms with van der Waals surface area (Å²) in [5, 5.41) is 11.9. The Bertz CT molecular complexity index is 451. The maximum absolute atomic E-state index is 13.1. The fourth-order valence-electron chi connectivity index (χ4n) is 2.46. The van der Waals surface area contributed by atoms with E-state index in [1.165, 1.54) is 12.1 Å². The molecule has 1 amide bonds. The highest BCUT2D eigenvalue weighted by atomic mass is 19.1. The van der Waals surface area contributed by atoms with Crippen molar-refractivity contribution in [3.05, 3.63) is 29.6 Å². The number of halogens is 1. The number of rotatable bonds is 3. The molecule has 18 heavy (non-hydrogen) atoms. The minimum atomic E-state index is -0.376. The van der Waals surface area contributed by atoms with Gasteiger partial charge in [0, 0.05) is 24.8 Å². The van der Waals surface area contributed by atoms with Gasteiger partial charge in [0.2, 0.25) is 5.91 Å². The van der Waals surface area contributed by atoms with Gasteiger partial charge in [-0.3, -0.25) is 4.79 Å². The van der Waals surface area contributed by atoms with Crippen LogP contribution in [0.5, 0.6) is 0 Å². The van der Waals surface area contributed by atoms with E-state index in [-0.39, 0.29) is 24.4 Å². The van der Waals surface area contributed by atoms with Gasteiger partial charge in [-0.25, -0.2) is 4.39 Å². The van der Waals surface area contributed by atoms with Gasteiger partial charge >= 0.3 is 0 Å². The van der Waals surface area contributed by atoms with Crippen LogP contribution < -0.4 is 10.2 Å². The van der Waals surface area contributed by atoms with Crippen LogP contribution in [-0.2, 0) is 11.4 Å². The van der Waals surface area contributed by atoms with Crippen LogP contribution in [0.3, 0.4) is 0 Å². The molecule has 1 aliphatic rings. The fourth-order valence-corrected chi connectivity index (χ4v) is 2.46. The van der Waals surface area contributed by atoms with E-state index in [2.05, 4.69) is 5.32 Å². The number of benzene rings is 1. The third-order valence-electron chi connectivity index (χ3n) is 3.32. The number of hydrogen-bond acceptors (Lipinski definition) is 3. The molecule has 1 heterocycles. The second-order valence-electron chi connectivity index (χ2n) is 4.40. The Labute approximate surface area is 105 Å². The lowest BCUT2D eigenvalue weighted by Gasteiger charge is -2.27. The number of likely N-dealkylation sites (N-methyl/N-ethyl adjacent to an activating group) is 1. The SMILES string of the molecule is CNC(=O)C1CCCN1c1ccc(F)cc1CO. The third kappa shape index (κ3) is 2.31. The lowest BCUT2D eigenvalue weighted by molar-refractivity contribution is -0.121. The first-order valence-electron chi connectivity index (χ1n) is 6.05. The molecule has 0 spiro atoms. The van der Waals surface area contributed by atoms with Crippen molar-refractivity contribution in [2.75, 3.05) is 18.5 Å². The van der Waals surface area contributed by atoms with Gasteiger partial charge in [0.25, 0.3) is 0 Å². The Kier molecular flexibility index (Phi) is 3.81. The molecule has 2 rings (SSSR count). The molecule has 1 aliphatic heterocycles. The van der Waals surface area contributed by atoms with Crippen molar-refractivity contribution in [2.45, 2.75) is 25.5 Å². The Morgan fingerprint density at radius 1 is 1.61 bits per heavy atom. The van der Waals surface area contributed by atoms with Crippen molar-refractivity contribution in [1.82, 2.24) is 5.32 Å². The minimum Gasteiger partial charge on any atom is -0.392 e. The van der Waals surface area contributed by atoms with E-state index in [1.54, 1.807) is 13.1 Å². The molecule has 5 heteroatoms. The highest BCUT2D eigenvalue weighted by Gasteiger charge is 2.31. The molecular weight excluding hydrogens is 235 g/mol. The summed E-state index contributed by atoms with van der Waals surface area (Å²) in [6, 6.07) is 4.07. The van der Waals surface area contributed by atoms with E-state index in [0.717, 1.165) is 25.1 Å². The molecule has 1 saturated heterocycles. The van der Waals surface area contributed by atoms with Crippen LogP contribution in [0.4, 0.5) is 10.1 Å². The Morgan fingerprint density at radius 2 is 2.39 bits per heavy atom. The van der Waals surface area contributed by atoms with Gasteiger partial charge in [-0.05, 0) is 31.0 Å². The van der Waals surface area contributed by atoms with Crippen molar-refractivity contribution in [3.63, 3.8) is 0 Å². The third-order valence-corrected chi connectivity index (χ3v) is 3.32. The summed E-state index contributed by atoms with van der Waals surface area (Å²) in [5.74, 6) is -0.417.